The molecule has 8 heteroatoms. The second-order valence-corrected chi connectivity index (χ2v) is 6.32. The lowest BCUT2D eigenvalue weighted by Gasteiger charge is -1.98. The number of hydrogen-bond acceptors (Lipinski definition) is 7. The summed E-state index contributed by atoms with van der Waals surface area (Å²) < 4.78 is 10.5. The minimum atomic E-state index is -0.120. The monoisotopic (exact) mass is 331 g/mol. The Labute approximate surface area is 132 Å². The van der Waals surface area contributed by atoms with Gasteiger partial charge in [-0.25, -0.2) is 4.98 Å². The van der Waals surface area contributed by atoms with Crippen LogP contribution in [0.15, 0.2) is 54.8 Å². The fraction of sp³-hybridized carbons (Fsp3) is 0.0714. The van der Waals surface area contributed by atoms with Gasteiger partial charge in [-0.3, -0.25) is 4.79 Å². The lowest BCUT2D eigenvalue weighted by Crippen LogP contribution is -2.07. The highest BCUT2D eigenvalue weighted by Gasteiger charge is 2.11. The minimum Gasteiger partial charge on any atom is -0.461 e. The lowest BCUT2D eigenvalue weighted by molar-refractivity contribution is 0.413. The molecule has 0 spiro atoms. The molecule has 0 fully saturated rings. The number of hydrogen-bond donors (Lipinski definition) is 1. The van der Waals surface area contributed by atoms with Crippen LogP contribution in [0.1, 0.15) is 5.69 Å². The Kier molecular flexibility index (Phi) is 3.32. The van der Waals surface area contributed by atoms with E-state index in [0.717, 1.165) is 10.5 Å². The summed E-state index contributed by atoms with van der Waals surface area (Å²) in [6, 6.07) is 7.18. The highest BCUT2D eigenvalue weighted by atomic mass is 32.2. The van der Waals surface area contributed by atoms with E-state index in [0.29, 0.717) is 27.8 Å². The van der Waals surface area contributed by atoms with Gasteiger partial charge in [-0.05, 0) is 23.6 Å². The van der Waals surface area contributed by atoms with E-state index >= 15 is 0 Å². The van der Waals surface area contributed by atoms with Crippen LogP contribution in [0.25, 0.3) is 21.7 Å². The molecule has 0 radical (unpaired) electrons. The zero-order chi connectivity index (χ0) is 14.9. The average Bonchev–Trinajstić information content (AvgIpc) is 3.25. The Bertz CT molecular complexity index is 969. The standard InChI is InChI=1S/C14H9N3O3S2/c18-12-9-3-5-21-13(9)16-14(15-12)22-7-8-6-11(20-17-8)10-2-1-4-19-10/h1-6H,7H2,(H,15,16,18). The van der Waals surface area contributed by atoms with Gasteiger partial charge in [0.1, 0.15) is 4.83 Å². The smallest absolute Gasteiger partial charge is 0.260 e. The van der Waals surface area contributed by atoms with Gasteiger partial charge in [0.15, 0.2) is 10.9 Å². The molecule has 4 heterocycles. The van der Waals surface area contributed by atoms with E-state index in [1.165, 1.54) is 23.1 Å². The molecule has 0 saturated heterocycles. The van der Waals surface area contributed by atoms with E-state index in [1.807, 2.05) is 11.4 Å². The van der Waals surface area contributed by atoms with Crippen LogP contribution in [0, 0.1) is 0 Å². The molecule has 22 heavy (non-hydrogen) atoms. The molecule has 110 valence electrons. The largest absolute Gasteiger partial charge is 0.461 e. The van der Waals surface area contributed by atoms with Crippen LogP contribution in [0.2, 0.25) is 0 Å². The third kappa shape index (κ3) is 2.46. The van der Waals surface area contributed by atoms with E-state index in [9.17, 15) is 4.79 Å². The Morgan fingerprint density at radius 3 is 3.14 bits per heavy atom. The van der Waals surface area contributed by atoms with Crippen molar-refractivity contribution in [1.82, 2.24) is 15.1 Å². The number of aromatic amines is 1. The predicted octanol–water partition coefficient (Wildman–Crippen LogP) is 3.52. The van der Waals surface area contributed by atoms with Crippen LogP contribution in [0.4, 0.5) is 0 Å². The summed E-state index contributed by atoms with van der Waals surface area (Å²) in [5, 5.41) is 7.04. The van der Waals surface area contributed by atoms with Gasteiger partial charge in [0.05, 0.1) is 17.3 Å². The molecule has 4 aromatic heterocycles. The number of H-pyrrole nitrogens is 1. The van der Waals surface area contributed by atoms with Crippen molar-refractivity contribution in [2.75, 3.05) is 0 Å². The molecule has 0 atom stereocenters. The maximum Gasteiger partial charge on any atom is 0.260 e. The molecule has 0 aromatic carbocycles. The van der Waals surface area contributed by atoms with E-state index in [1.54, 1.807) is 24.5 Å². The quantitative estimate of drug-likeness (QED) is 0.455. The minimum absolute atomic E-state index is 0.120. The van der Waals surface area contributed by atoms with Crippen molar-refractivity contribution in [2.24, 2.45) is 0 Å². The number of nitrogens with one attached hydrogen (secondary N) is 1. The highest BCUT2D eigenvalue weighted by molar-refractivity contribution is 7.98. The first-order valence-corrected chi connectivity index (χ1v) is 8.26. The third-order valence-electron chi connectivity index (χ3n) is 2.99. The Hall–Kier alpha value is -2.32. The first-order valence-electron chi connectivity index (χ1n) is 6.39. The maximum atomic E-state index is 11.9. The number of rotatable bonds is 4. The summed E-state index contributed by atoms with van der Waals surface area (Å²) in [4.78, 5) is 19.8. The molecule has 0 aliphatic carbocycles. The zero-order valence-electron chi connectivity index (χ0n) is 11.1. The molecule has 4 aromatic rings. The van der Waals surface area contributed by atoms with Crippen LogP contribution >= 0.6 is 23.1 Å². The fourth-order valence-corrected chi connectivity index (χ4v) is 3.53. The number of aromatic nitrogens is 3. The van der Waals surface area contributed by atoms with Crippen LogP contribution in [-0.2, 0) is 5.75 Å². The Balaban J connectivity index is 1.53. The summed E-state index contributed by atoms with van der Waals surface area (Å²) in [6.07, 6.45) is 1.58. The van der Waals surface area contributed by atoms with Gasteiger partial charge in [-0.2, -0.15) is 0 Å². The van der Waals surface area contributed by atoms with E-state index < -0.39 is 0 Å². The van der Waals surface area contributed by atoms with Crippen LogP contribution < -0.4 is 5.56 Å². The van der Waals surface area contributed by atoms with Gasteiger partial charge in [0.25, 0.3) is 5.56 Å². The summed E-state index contributed by atoms with van der Waals surface area (Å²) in [7, 11) is 0. The fourth-order valence-electron chi connectivity index (χ4n) is 1.97. The first-order chi connectivity index (χ1) is 10.8. The second kappa shape index (κ2) is 5.47. The van der Waals surface area contributed by atoms with Crippen molar-refractivity contribution in [3.8, 4) is 11.5 Å². The predicted molar refractivity (Wildman–Crippen MR) is 84.0 cm³/mol. The number of thiophene rings is 1. The van der Waals surface area contributed by atoms with Crippen molar-refractivity contribution < 1.29 is 8.94 Å². The molecule has 0 aliphatic rings. The SMILES string of the molecule is O=c1[nH]c(SCc2cc(-c3ccco3)on2)nc2sccc12. The van der Waals surface area contributed by atoms with Gasteiger partial charge < -0.3 is 13.9 Å². The number of nitrogens with zero attached hydrogens (tertiary/aromatic N) is 2. The summed E-state index contributed by atoms with van der Waals surface area (Å²) in [5.74, 6) is 1.76. The number of furan rings is 1. The Morgan fingerprint density at radius 1 is 1.32 bits per heavy atom. The number of thioether (sulfide) groups is 1. The van der Waals surface area contributed by atoms with Crippen molar-refractivity contribution in [1.29, 1.82) is 0 Å². The molecule has 4 rings (SSSR count). The molecule has 0 unspecified atom stereocenters. The molecule has 6 nitrogen and oxygen atoms in total. The zero-order valence-corrected chi connectivity index (χ0v) is 12.7. The Morgan fingerprint density at radius 2 is 2.27 bits per heavy atom. The first kappa shape index (κ1) is 13.4. The molecule has 0 saturated carbocycles. The summed E-state index contributed by atoms with van der Waals surface area (Å²) in [6.45, 7) is 0. The molecule has 0 amide bonds. The molecule has 0 aliphatic heterocycles. The van der Waals surface area contributed by atoms with E-state index in [-0.39, 0.29) is 5.56 Å². The topological polar surface area (TPSA) is 84.9 Å². The van der Waals surface area contributed by atoms with Crippen LogP contribution in [-0.4, -0.2) is 15.1 Å². The van der Waals surface area contributed by atoms with Crippen molar-refractivity contribution in [3.05, 3.63) is 52.0 Å². The summed E-state index contributed by atoms with van der Waals surface area (Å²) >= 11 is 2.85. The van der Waals surface area contributed by atoms with Gasteiger partial charge >= 0.3 is 0 Å². The lowest BCUT2D eigenvalue weighted by atomic mass is 10.3. The van der Waals surface area contributed by atoms with Crippen molar-refractivity contribution in [2.45, 2.75) is 10.9 Å². The molecule has 0 bridgehead atoms. The van der Waals surface area contributed by atoms with Crippen LogP contribution in [0.3, 0.4) is 0 Å². The maximum absolute atomic E-state index is 11.9. The van der Waals surface area contributed by atoms with Gasteiger partial charge in [0, 0.05) is 11.8 Å². The second-order valence-electron chi connectivity index (χ2n) is 4.46. The average molecular weight is 331 g/mol. The van der Waals surface area contributed by atoms with Gasteiger partial charge in [-0.1, -0.05) is 16.9 Å². The van der Waals surface area contributed by atoms with E-state index in [4.69, 9.17) is 8.94 Å². The number of fused-ring (bicyclic) bond motifs is 1. The van der Waals surface area contributed by atoms with Crippen molar-refractivity contribution in [3.63, 3.8) is 0 Å². The molecule has 1 N–H and O–H groups in total. The third-order valence-corrected chi connectivity index (χ3v) is 4.71. The normalized spacial score (nSPS) is 11.3. The van der Waals surface area contributed by atoms with Crippen molar-refractivity contribution >= 4 is 33.3 Å². The van der Waals surface area contributed by atoms with E-state index in [2.05, 4.69) is 15.1 Å². The molecular formula is C14H9N3O3S2. The highest BCUT2D eigenvalue weighted by Crippen LogP contribution is 2.25. The van der Waals surface area contributed by atoms with Gasteiger partial charge in [-0.15, -0.1) is 11.3 Å². The van der Waals surface area contributed by atoms with Crippen LogP contribution in [0.5, 0.6) is 0 Å². The van der Waals surface area contributed by atoms with Gasteiger partial charge in [0.2, 0.25) is 5.76 Å². The molecular weight excluding hydrogens is 322 g/mol. The summed E-state index contributed by atoms with van der Waals surface area (Å²) in [5.41, 5.74) is 0.635.